The molecule has 0 aromatic rings. The number of hydrogen-bond donors (Lipinski definition) is 2. The maximum Gasteiger partial charge on any atom is 0.330 e. The summed E-state index contributed by atoms with van der Waals surface area (Å²) in [6, 6.07) is 0. The van der Waals surface area contributed by atoms with Crippen molar-refractivity contribution in [3.63, 3.8) is 0 Å². The number of esters is 3. The molecule has 1 aliphatic rings. The van der Waals surface area contributed by atoms with Crippen molar-refractivity contribution in [3.8, 4) is 0 Å². The summed E-state index contributed by atoms with van der Waals surface area (Å²) in [7, 11) is 0. The zero-order valence-electron chi connectivity index (χ0n) is 13.7. The largest absolute Gasteiger partial charge is 0.459 e. The summed E-state index contributed by atoms with van der Waals surface area (Å²) in [5.41, 5.74) is 0. The molecule has 1 heterocycles. The molecule has 5 unspecified atom stereocenters. The standard InChI is InChI=1S/C16H22O8/c1-9-8-16(21)24-11(3)13(18)5-7-15(20)23-10(2)12(17)4-6-14(19)22-9/h4-7,9-13,17-18H,8H2,1-3H3. The Balaban J connectivity index is 2.91. The first-order valence-corrected chi connectivity index (χ1v) is 7.52. The van der Waals surface area contributed by atoms with Crippen LogP contribution >= 0.6 is 0 Å². The summed E-state index contributed by atoms with van der Waals surface area (Å²) in [6.07, 6.45) is -0.961. The van der Waals surface area contributed by atoms with E-state index < -0.39 is 48.4 Å². The second-order valence-electron chi connectivity index (χ2n) is 5.49. The molecule has 0 aromatic carbocycles. The molecule has 0 saturated carbocycles. The van der Waals surface area contributed by atoms with Crippen molar-refractivity contribution in [2.75, 3.05) is 0 Å². The number of aliphatic hydroxyl groups excluding tert-OH is 2. The van der Waals surface area contributed by atoms with Crippen LogP contribution < -0.4 is 0 Å². The lowest BCUT2D eigenvalue weighted by molar-refractivity contribution is -0.157. The first kappa shape index (κ1) is 19.9. The molecule has 0 bridgehead atoms. The van der Waals surface area contributed by atoms with E-state index in [1.807, 2.05) is 0 Å². The van der Waals surface area contributed by atoms with E-state index in [2.05, 4.69) is 0 Å². The molecule has 0 amide bonds. The van der Waals surface area contributed by atoms with Crippen molar-refractivity contribution in [1.29, 1.82) is 0 Å². The summed E-state index contributed by atoms with van der Waals surface area (Å²) in [5, 5.41) is 19.6. The molecule has 0 fully saturated rings. The van der Waals surface area contributed by atoms with Crippen LogP contribution in [0.5, 0.6) is 0 Å². The molecule has 0 aromatic heterocycles. The molecule has 1 rings (SSSR count). The van der Waals surface area contributed by atoms with E-state index in [4.69, 9.17) is 14.2 Å². The molecule has 134 valence electrons. The van der Waals surface area contributed by atoms with Gasteiger partial charge in [0.05, 0.1) is 6.42 Å². The van der Waals surface area contributed by atoms with Crippen LogP contribution in [0.2, 0.25) is 0 Å². The summed E-state index contributed by atoms with van der Waals surface area (Å²) < 4.78 is 14.9. The van der Waals surface area contributed by atoms with Crippen LogP contribution in [0.1, 0.15) is 27.2 Å². The second-order valence-corrected chi connectivity index (χ2v) is 5.49. The molecular weight excluding hydrogens is 320 g/mol. The first-order chi connectivity index (χ1) is 11.2. The van der Waals surface area contributed by atoms with Crippen LogP contribution in [0.25, 0.3) is 0 Å². The van der Waals surface area contributed by atoms with Gasteiger partial charge in [-0.1, -0.05) is 0 Å². The number of carbonyl (C=O) groups is 3. The molecule has 5 atom stereocenters. The van der Waals surface area contributed by atoms with E-state index in [1.165, 1.54) is 20.8 Å². The second kappa shape index (κ2) is 9.19. The van der Waals surface area contributed by atoms with Crippen LogP contribution in [0.3, 0.4) is 0 Å². The first-order valence-electron chi connectivity index (χ1n) is 7.52. The van der Waals surface area contributed by atoms with Crippen LogP contribution in [-0.2, 0) is 28.6 Å². The molecule has 0 radical (unpaired) electrons. The van der Waals surface area contributed by atoms with Gasteiger partial charge in [-0.05, 0) is 32.9 Å². The average molecular weight is 342 g/mol. The van der Waals surface area contributed by atoms with Gasteiger partial charge >= 0.3 is 17.9 Å². The zero-order valence-corrected chi connectivity index (χ0v) is 13.7. The number of hydrogen-bond acceptors (Lipinski definition) is 8. The van der Waals surface area contributed by atoms with Gasteiger partial charge in [-0.3, -0.25) is 4.79 Å². The smallest absolute Gasteiger partial charge is 0.330 e. The Morgan fingerprint density at radius 2 is 1.29 bits per heavy atom. The lowest BCUT2D eigenvalue weighted by Crippen LogP contribution is -2.30. The molecule has 8 heteroatoms. The Morgan fingerprint density at radius 1 is 0.833 bits per heavy atom. The van der Waals surface area contributed by atoms with Crippen LogP contribution in [0, 0.1) is 0 Å². The summed E-state index contributed by atoms with van der Waals surface area (Å²) in [4.78, 5) is 34.9. The van der Waals surface area contributed by atoms with Gasteiger partial charge in [0.2, 0.25) is 0 Å². The Kier molecular flexibility index (Phi) is 7.60. The van der Waals surface area contributed by atoms with Gasteiger partial charge < -0.3 is 24.4 Å². The zero-order chi connectivity index (χ0) is 18.3. The minimum absolute atomic E-state index is 0.193. The fourth-order valence-electron chi connectivity index (χ4n) is 1.80. The fourth-order valence-corrected chi connectivity index (χ4v) is 1.80. The molecular formula is C16H22O8. The van der Waals surface area contributed by atoms with Crippen LogP contribution in [0.4, 0.5) is 0 Å². The lowest BCUT2D eigenvalue weighted by atomic mass is 10.2. The highest BCUT2D eigenvalue weighted by Crippen LogP contribution is 2.08. The minimum atomic E-state index is -1.22. The summed E-state index contributed by atoms with van der Waals surface area (Å²) in [6.45, 7) is 4.41. The number of rotatable bonds is 0. The minimum Gasteiger partial charge on any atom is -0.459 e. The maximum atomic E-state index is 11.7. The van der Waals surface area contributed by atoms with Crippen LogP contribution in [-0.4, -0.2) is 58.6 Å². The number of aliphatic hydroxyl groups is 2. The predicted molar refractivity (Wildman–Crippen MR) is 81.6 cm³/mol. The molecule has 1 aliphatic heterocycles. The van der Waals surface area contributed by atoms with Crippen LogP contribution in [0.15, 0.2) is 24.3 Å². The van der Waals surface area contributed by atoms with Crippen molar-refractivity contribution in [2.24, 2.45) is 0 Å². The van der Waals surface area contributed by atoms with E-state index in [0.29, 0.717) is 0 Å². The Morgan fingerprint density at radius 3 is 1.83 bits per heavy atom. The summed E-state index contributed by atoms with van der Waals surface area (Å²) in [5.74, 6) is -2.22. The normalized spacial score (nSPS) is 33.5. The van der Waals surface area contributed by atoms with E-state index in [0.717, 1.165) is 24.3 Å². The van der Waals surface area contributed by atoms with E-state index in [-0.39, 0.29) is 6.42 Å². The van der Waals surface area contributed by atoms with E-state index >= 15 is 0 Å². The van der Waals surface area contributed by atoms with Gasteiger partial charge in [-0.25, -0.2) is 9.59 Å². The van der Waals surface area contributed by atoms with Gasteiger partial charge in [0.15, 0.2) is 0 Å². The predicted octanol–water partition coefficient (Wildman–Crippen LogP) is 0.0194. The Labute approximate surface area is 139 Å². The van der Waals surface area contributed by atoms with E-state index in [9.17, 15) is 24.6 Å². The molecule has 24 heavy (non-hydrogen) atoms. The summed E-state index contributed by atoms with van der Waals surface area (Å²) >= 11 is 0. The Hall–Kier alpha value is -2.19. The number of carbonyl (C=O) groups excluding carboxylic acids is 3. The lowest BCUT2D eigenvalue weighted by Gasteiger charge is -2.19. The maximum absolute atomic E-state index is 11.7. The highest BCUT2D eigenvalue weighted by molar-refractivity contribution is 5.83. The molecule has 8 nitrogen and oxygen atoms in total. The van der Waals surface area contributed by atoms with Crippen molar-refractivity contribution < 1.29 is 38.8 Å². The molecule has 2 N–H and O–H groups in total. The average Bonchev–Trinajstić information content (AvgIpc) is 2.48. The number of ether oxygens (including phenoxy) is 3. The molecule has 0 aliphatic carbocycles. The topological polar surface area (TPSA) is 119 Å². The van der Waals surface area contributed by atoms with Gasteiger partial charge in [0.1, 0.15) is 30.5 Å². The third-order valence-electron chi connectivity index (χ3n) is 3.21. The highest BCUT2D eigenvalue weighted by atomic mass is 16.6. The van der Waals surface area contributed by atoms with Gasteiger partial charge in [-0.2, -0.15) is 0 Å². The van der Waals surface area contributed by atoms with Gasteiger partial charge in [-0.15, -0.1) is 0 Å². The molecule has 0 saturated heterocycles. The van der Waals surface area contributed by atoms with Crippen molar-refractivity contribution >= 4 is 17.9 Å². The third-order valence-corrected chi connectivity index (χ3v) is 3.21. The highest BCUT2D eigenvalue weighted by Gasteiger charge is 2.21. The molecule has 0 spiro atoms. The monoisotopic (exact) mass is 342 g/mol. The van der Waals surface area contributed by atoms with Gasteiger partial charge in [0, 0.05) is 12.2 Å². The third kappa shape index (κ3) is 6.93. The van der Waals surface area contributed by atoms with Crippen molar-refractivity contribution in [1.82, 2.24) is 0 Å². The van der Waals surface area contributed by atoms with Crippen molar-refractivity contribution in [3.05, 3.63) is 24.3 Å². The Bertz CT molecular complexity index is 524. The van der Waals surface area contributed by atoms with Crippen molar-refractivity contribution in [2.45, 2.75) is 57.7 Å². The van der Waals surface area contributed by atoms with E-state index in [1.54, 1.807) is 0 Å². The number of cyclic esters (lactones) is 3. The van der Waals surface area contributed by atoms with Gasteiger partial charge in [0.25, 0.3) is 0 Å². The quantitative estimate of drug-likeness (QED) is 0.467. The fraction of sp³-hybridized carbons (Fsp3) is 0.562. The SMILES string of the molecule is CC1CC(=O)OC(C)C(O)C=CC(=O)OC(C)C(O)C=CC(=O)O1.